The summed E-state index contributed by atoms with van der Waals surface area (Å²) in [6.07, 6.45) is 4.79. The van der Waals surface area contributed by atoms with Crippen molar-refractivity contribution < 1.29 is 14.3 Å². The van der Waals surface area contributed by atoms with Crippen molar-refractivity contribution in [3.8, 4) is 11.5 Å². The number of carbonyl (C=O) groups is 1. The first kappa shape index (κ1) is 17.3. The van der Waals surface area contributed by atoms with Crippen molar-refractivity contribution in [1.29, 1.82) is 0 Å². The van der Waals surface area contributed by atoms with Crippen LogP contribution in [0, 0.1) is 5.92 Å². The zero-order valence-electron chi connectivity index (χ0n) is 15.3. The Hall–Kier alpha value is -1.55. The lowest BCUT2D eigenvalue weighted by Gasteiger charge is -2.45. The van der Waals surface area contributed by atoms with Gasteiger partial charge in [-0.25, -0.2) is 0 Å². The lowest BCUT2D eigenvalue weighted by atomic mass is 9.61. The number of methoxy groups -OCH3 is 2. The van der Waals surface area contributed by atoms with E-state index in [9.17, 15) is 4.79 Å². The molecule has 0 unspecified atom stereocenters. The lowest BCUT2D eigenvalue weighted by molar-refractivity contribution is -0.128. The molecule has 1 aromatic rings. The summed E-state index contributed by atoms with van der Waals surface area (Å²) < 4.78 is 10.9. The van der Waals surface area contributed by atoms with E-state index in [0.717, 1.165) is 43.7 Å². The maximum absolute atomic E-state index is 12.6. The monoisotopic (exact) mass is 331 g/mol. The van der Waals surface area contributed by atoms with Crippen molar-refractivity contribution in [3.63, 3.8) is 0 Å². The smallest absolute Gasteiger partial charge is 0.161 e. The van der Waals surface area contributed by atoms with Gasteiger partial charge in [-0.05, 0) is 50.6 Å². The van der Waals surface area contributed by atoms with Crippen LogP contribution in [0.15, 0.2) is 18.2 Å². The van der Waals surface area contributed by atoms with Gasteiger partial charge in [0.1, 0.15) is 5.78 Å². The van der Waals surface area contributed by atoms with Gasteiger partial charge in [0, 0.05) is 23.8 Å². The number of carbonyl (C=O) groups excluding carboxylic acids is 1. The second kappa shape index (κ2) is 6.75. The highest BCUT2D eigenvalue weighted by atomic mass is 16.5. The molecule has 0 spiro atoms. The topological polar surface area (TPSA) is 38.8 Å². The van der Waals surface area contributed by atoms with E-state index in [1.54, 1.807) is 14.2 Å². The summed E-state index contributed by atoms with van der Waals surface area (Å²) in [6, 6.07) is 6.61. The van der Waals surface area contributed by atoms with E-state index in [2.05, 4.69) is 31.0 Å². The SMILES string of the molecule is CCC[C@@H]1C(=O)CC[C@]2(c3ccc(OC)c(OC)c3)CCN(C)[C@H]12. The molecule has 0 amide bonds. The molecule has 1 saturated heterocycles. The van der Waals surface area contributed by atoms with Crippen LogP contribution in [-0.2, 0) is 10.2 Å². The van der Waals surface area contributed by atoms with Crippen molar-refractivity contribution in [2.45, 2.75) is 50.5 Å². The molecule has 1 aliphatic heterocycles. The molecule has 24 heavy (non-hydrogen) atoms. The zero-order valence-corrected chi connectivity index (χ0v) is 15.3. The summed E-state index contributed by atoms with van der Waals surface area (Å²) in [5.41, 5.74) is 1.35. The van der Waals surface area contributed by atoms with Gasteiger partial charge in [-0.1, -0.05) is 19.4 Å². The third kappa shape index (κ3) is 2.61. The molecule has 2 aliphatic rings. The standard InChI is InChI=1S/C20H29NO3/c1-5-6-15-16(22)9-10-20(11-12-21(2)19(15)20)14-7-8-17(23-3)18(13-14)24-4/h7-8,13,15,19H,5-6,9-12H2,1-4H3/t15-,19-,20-/m1/s1. The fourth-order valence-electron chi connectivity index (χ4n) is 4.99. The second-order valence-electron chi connectivity index (χ2n) is 7.26. The van der Waals surface area contributed by atoms with Crippen LogP contribution in [0.25, 0.3) is 0 Å². The average molecular weight is 331 g/mol. The minimum atomic E-state index is 0.0576. The molecule has 0 bridgehead atoms. The molecule has 0 N–H and O–H groups in total. The Morgan fingerprint density at radius 2 is 1.96 bits per heavy atom. The highest BCUT2D eigenvalue weighted by Crippen LogP contribution is 2.51. The van der Waals surface area contributed by atoms with E-state index in [4.69, 9.17) is 9.47 Å². The quantitative estimate of drug-likeness (QED) is 0.829. The number of ketones is 1. The van der Waals surface area contributed by atoms with E-state index in [0.29, 0.717) is 18.2 Å². The molecule has 4 nitrogen and oxygen atoms in total. The number of rotatable bonds is 5. The highest BCUT2D eigenvalue weighted by molar-refractivity contribution is 5.83. The zero-order chi connectivity index (χ0) is 17.3. The number of ether oxygens (including phenoxy) is 2. The molecule has 3 atom stereocenters. The van der Waals surface area contributed by atoms with Crippen LogP contribution < -0.4 is 9.47 Å². The number of likely N-dealkylation sites (N-methyl/N-ethyl adjacent to an activating group) is 1. The van der Waals surface area contributed by atoms with Gasteiger partial charge in [0.25, 0.3) is 0 Å². The van der Waals surface area contributed by atoms with E-state index in [-0.39, 0.29) is 11.3 Å². The lowest BCUT2D eigenvalue weighted by Crippen LogP contribution is -2.52. The molecule has 1 aliphatic carbocycles. The van der Waals surface area contributed by atoms with Crippen molar-refractivity contribution in [2.75, 3.05) is 27.8 Å². The predicted molar refractivity (Wildman–Crippen MR) is 94.9 cm³/mol. The van der Waals surface area contributed by atoms with Crippen LogP contribution in [0.4, 0.5) is 0 Å². The van der Waals surface area contributed by atoms with Gasteiger partial charge in [0.15, 0.2) is 11.5 Å². The maximum Gasteiger partial charge on any atom is 0.161 e. The summed E-state index contributed by atoms with van der Waals surface area (Å²) in [7, 11) is 5.52. The summed E-state index contributed by atoms with van der Waals surface area (Å²) in [5.74, 6) is 2.15. The molecule has 1 aromatic carbocycles. The number of hydrogen-bond donors (Lipinski definition) is 0. The first-order valence-electron chi connectivity index (χ1n) is 9.03. The first-order valence-corrected chi connectivity index (χ1v) is 9.03. The Labute approximate surface area is 145 Å². The van der Waals surface area contributed by atoms with E-state index in [1.807, 2.05) is 6.07 Å². The van der Waals surface area contributed by atoms with E-state index in [1.165, 1.54) is 5.56 Å². The van der Waals surface area contributed by atoms with Gasteiger partial charge in [0.2, 0.25) is 0 Å². The van der Waals surface area contributed by atoms with Crippen LogP contribution in [-0.4, -0.2) is 44.5 Å². The minimum Gasteiger partial charge on any atom is -0.493 e. The van der Waals surface area contributed by atoms with Gasteiger partial charge in [0.05, 0.1) is 14.2 Å². The van der Waals surface area contributed by atoms with E-state index < -0.39 is 0 Å². The van der Waals surface area contributed by atoms with Gasteiger partial charge < -0.3 is 14.4 Å². The van der Waals surface area contributed by atoms with Gasteiger partial charge >= 0.3 is 0 Å². The van der Waals surface area contributed by atoms with Crippen LogP contribution >= 0.6 is 0 Å². The van der Waals surface area contributed by atoms with Crippen molar-refractivity contribution >= 4 is 5.78 Å². The second-order valence-corrected chi connectivity index (χ2v) is 7.26. The van der Waals surface area contributed by atoms with Crippen LogP contribution in [0.1, 0.15) is 44.6 Å². The molecule has 0 aromatic heterocycles. The molecule has 132 valence electrons. The number of hydrogen-bond acceptors (Lipinski definition) is 4. The average Bonchev–Trinajstić information content (AvgIpc) is 2.95. The minimum absolute atomic E-state index is 0.0576. The Morgan fingerprint density at radius 1 is 1.21 bits per heavy atom. The molecule has 1 heterocycles. The molecular formula is C20H29NO3. The summed E-state index contributed by atoms with van der Waals surface area (Å²) >= 11 is 0. The number of likely N-dealkylation sites (tertiary alicyclic amines) is 1. The normalized spacial score (nSPS) is 30.2. The highest BCUT2D eigenvalue weighted by Gasteiger charge is 2.54. The van der Waals surface area contributed by atoms with Crippen molar-refractivity contribution in [3.05, 3.63) is 23.8 Å². The molecule has 0 radical (unpaired) electrons. The Bertz CT molecular complexity index is 615. The summed E-state index contributed by atoms with van der Waals surface area (Å²) in [4.78, 5) is 15.0. The molecule has 2 fully saturated rings. The first-order chi connectivity index (χ1) is 11.6. The summed E-state index contributed by atoms with van der Waals surface area (Å²) in [5, 5.41) is 0. The van der Waals surface area contributed by atoms with Crippen LogP contribution in [0.2, 0.25) is 0 Å². The number of benzene rings is 1. The third-order valence-electron chi connectivity index (χ3n) is 6.12. The number of Topliss-reactive ketones (excluding diaryl/α,β-unsaturated/α-hetero) is 1. The van der Waals surface area contributed by atoms with Crippen LogP contribution in [0.3, 0.4) is 0 Å². The molecular weight excluding hydrogens is 302 g/mol. The van der Waals surface area contributed by atoms with E-state index >= 15 is 0 Å². The fraction of sp³-hybridized carbons (Fsp3) is 0.650. The van der Waals surface area contributed by atoms with Gasteiger partial charge in [-0.2, -0.15) is 0 Å². The number of nitrogens with zero attached hydrogens (tertiary/aromatic N) is 1. The fourth-order valence-corrected chi connectivity index (χ4v) is 4.99. The van der Waals surface area contributed by atoms with Crippen molar-refractivity contribution in [2.24, 2.45) is 5.92 Å². The number of fused-ring (bicyclic) bond motifs is 1. The Kier molecular flexibility index (Phi) is 4.86. The van der Waals surface area contributed by atoms with Gasteiger partial charge in [-0.15, -0.1) is 0 Å². The van der Waals surface area contributed by atoms with Crippen LogP contribution in [0.5, 0.6) is 11.5 Å². The maximum atomic E-state index is 12.6. The third-order valence-corrected chi connectivity index (χ3v) is 6.12. The molecule has 4 heteroatoms. The molecule has 1 saturated carbocycles. The van der Waals surface area contributed by atoms with Crippen molar-refractivity contribution in [1.82, 2.24) is 4.90 Å². The summed E-state index contributed by atoms with van der Waals surface area (Å²) in [6.45, 7) is 3.22. The Morgan fingerprint density at radius 3 is 2.62 bits per heavy atom. The predicted octanol–water partition coefficient (Wildman–Crippen LogP) is 3.42. The largest absolute Gasteiger partial charge is 0.493 e. The Balaban J connectivity index is 2.05. The molecule has 3 rings (SSSR count). The van der Waals surface area contributed by atoms with Gasteiger partial charge in [-0.3, -0.25) is 4.79 Å².